The van der Waals surface area contributed by atoms with Crippen LogP contribution in [0.1, 0.15) is 74.3 Å². The van der Waals surface area contributed by atoms with Gasteiger partial charge in [0.1, 0.15) is 6.04 Å². The Balaban J connectivity index is 1.42. The summed E-state index contributed by atoms with van der Waals surface area (Å²) in [5, 5.41) is 2.19. The van der Waals surface area contributed by atoms with Crippen LogP contribution in [0.2, 0.25) is 0 Å². The van der Waals surface area contributed by atoms with E-state index in [2.05, 4.69) is 17.2 Å². The number of rotatable bonds is 6. The summed E-state index contributed by atoms with van der Waals surface area (Å²) in [6, 6.07) is 11.1. The third-order valence-corrected chi connectivity index (χ3v) is 5.97. The van der Waals surface area contributed by atoms with E-state index in [1.165, 1.54) is 0 Å². The lowest BCUT2D eigenvalue weighted by Gasteiger charge is -2.27. The van der Waals surface area contributed by atoms with Crippen LogP contribution < -0.4 is 11.1 Å². The Morgan fingerprint density at radius 2 is 1.82 bits per heavy atom. The highest BCUT2D eigenvalue weighted by Crippen LogP contribution is 2.29. The predicted molar refractivity (Wildman–Crippen MR) is 123 cm³/mol. The highest BCUT2D eigenvalue weighted by Gasteiger charge is 2.45. The number of carbonyl (C=O) groups is 5. The first-order valence-electron chi connectivity index (χ1n) is 11.1. The van der Waals surface area contributed by atoms with E-state index in [4.69, 9.17) is 5.73 Å². The summed E-state index contributed by atoms with van der Waals surface area (Å²) in [7, 11) is 0. The number of benzene rings is 2. The summed E-state index contributed by atoms with van der Waals surface area (Å²) in [5.41, 5.74) is 7.69. The maximum absolute atomic E-state index is 13.1. The molecule has 2 aliphatic heterocycles. The van der Waals surface area contributed by atoms with E-state index in [9.17, 15) is 24.0 Å². The molecule has 8 nitrogen and oxygen atoms in total. The lowest BCUT2D eigenvalue weighted by Crippen LogP contribution is -2.54. The molecule has 2 aliphatic rings. The molecule has 34 heavy (non-hydrogen) atoms. The number of nitrogens with zero attached hydrogens (tertiary/aromatic N) is 1. The fourth-order valence-electron chi connectivity index (χ4n) is 4.28. The van der Waals surface area contributed by atoms with Gasteiger partial charge in [-0.3, -0.25) is 34.2 Å². The number of hydrogen-bond donors (Lipinski definition) is 2. The first-order chi connectivity index (χ1) is 16.4. The number of imide groups is 2. The van der Waals surface area contributed by atoms with Crippen LogP contribution in [0.5, 0.6) is 0 Å². The van der Waals surface area contributed by atoms with E-state index in [1.807, 2.05) is 12.1 Å². The van der Waals surface area contributed by atoms with E-state index in [1.54, 1.807) is 30.3 Å². The largest absolute Gasteiger partial charge is 0.366 e. The standard InChI is InChI=1S/C26H23N3O5/c27-23(31)18-12-6-5-9-16(18)8-3-1-2-4-10-17-11-7-13-19-22(17)26(34)29(25(19)33)20-14-15-21(30)28-24(20)32/h5-7,9,11-13,20H,1-3,8,14-15H2,(H2,27,31)(H,28,30,32). The van der Waals surface area contributed by atoms with E-state index < -0.39 is 35.6 Å². The number of unbranched alkanes of at least 4 members (excludes halogenated alkanes) is 2. The smallest absolute Gasteiger partial charge is 0.263 e. The molecule has 3 N–H and O–H groups in total. The molecule has 0 bridgehead atoms. The Morgan fingerprint density at radius 3 is 2.59 bits per heavy atom. The van der Waals surface area contributed by atoms with Gasteiger partial charge in [-0.2, -0.15) is 0 Å². The third-order valence-electron chi connectivity index (χ3n) is 5.97. The van der Waals surface area contributed by atoms with E-state index in [0.29, 0.717) is 24.0 Å². The molecule has 172 valence electrons. The van der Waals surface area contributed by atoms with Crippen molar-refractivity contribution >= 4 is 29.5 Å². The number of primary amides is 1. The number of fused-ring (bicyclic) bond motifs is 1. The van der Waals surface area contributed by atoms with E-state index in [0.717, 1.165) is 23.3 Å². The molecule has 0 saturated carbocycles. The second-order valence-electron chi connectivity index (χ2n) is 8.21. The fourth-order valence-corrected chi connectivity index (χ4v) is 4.28. The lowest BCUT2D eigenvalue weighted by molar-refractivity contribution is -0.136. The topological polar surface area (TPSA) is 127 Å². The van der Waals surface area contributed by atoms with Gasteiger partial charge < -0.3 is 5.73 Å². The molecule has 1 unspecified atom stereocenters. The fraction of sp³-hybridized carbons (Fsp3) is 0.269. The number of nitrogens with two attached hydrogens (primary N) is 1. The number of nitrogens with one attached hydrogen (secondary N) is 1. The quantitative estimate of drug-likeness (QED) is 0.389. The zero-order valence-corrected chi connectivity index (χ0v) is 18.4. The van der Waals surface area contributed by atoms with Crippen molar-refractivity contribution in [3.63, 3.8) is 0 Å². The Bertz CT molecular complexity index is 1270. The molecule has 4 rings (SSSR count). The molecule has 2 aromatic rings. The van der Waals surface area contributed by atoms with Gasteiger partial charge in [0.25, 0.3) is 11.8 Å². The number of piperidine rings is 1. The minimum atomic E-state index is -1.01. The van der Waals surface area contributed by atoms with Crippen molar-refractivity contribution in [3.05, 3.63) is 70.3 Å². The molecule has 0 spiro atoms. The predicted octanol–water partition coefficient (Wildman–Crippen LogP) is 1.95. The van der Waals surface area contributed by atoms with Crippen molar-refractivity contribution in [1.29, 1.82) is 0 Å². The first-order valence-corrected chi connectivity index (χ1v) is 11.1. The van der Waals surface area contributed by atoms with Crippen LogP contribution in [0.4, 0.5) is 0 Å². The minimum absolute atomic E-state index is 0.0698. The van der Waals surface area contributed by atoms with Crippen LogP contribution in [0.25, 0.3) is 0 Å². The zero-order chi connectivity index (χ0) is 24.2. The van der Waals surface area contributed by atoms with Crippen molar-refractivity contribution in [2.75, 3.05) is 0 Å². The van der Waals surface area contributed by atoms with Gasteiger partial charge in [0.2, 0.25) is 17.7 Å². The molecule has 5 amide bonds. The highest BCUT2D eigenvalue weighted by atomic mass is 16.2. The van der Waals surface area contributed by atoms with Gasteiger partial charge in [-0.1, -0.05) is 36.1 Å². The Labute approximate surface area is 196 Å². The van der Waals surface area contributed by atoms with E-state index in [-0.39, 0.29) is 24.0 Å². The maximum Gasteiger partial charge on any atom is 0.263 e. The van der Waals surface area contributed by atoms with Crippen molar-refractivity contribution in [1.82, 2.24) is 10.2 Å². The summed E-state index contributed by atoms with van der Waals surface area (Å²) in [5.74, 6) is 3.42. The number of amides is 5. The maximum atomic E-state index is 13.1. The molecule has 2 aromatic carbocycles. The van der Waals surface area contributed by atoms with Gasteiger partial charge in [-0.05, 0) is 49.4 Å². The second kappa shape index (κ2) is 9.71. The van der Waals surface area contributed by atoms with Crippen LogP contribution in [-0.4, -0.2) is 40.5 Å². The average molecular weight is 457 g/mol. The molecule has 2 heterocycles. The van der Waals surface area contributed by atoms with Crippen molar-refractivity contribution in [2.24, 2.45) is 5.73 Å². The summed E-state index contributed by atoms with van der Waals surface area (Å²) in [4.78, 5) is 62.0. The van der Waals surface area contributed by atoms with Gasteiger partial charge in [0.05, 0.1) is 11.1 Å². The van der Waals surface area contributed by atoms with Crippen LogP contribution in [-0.2, 0) is 16.0 Å². The van der Waals surface area contributed by atoms with Crippen molar-refractivity contribution < 1.29 is 24.0 Å². The Hall–Kier alpha value is -4.25. The molecule has 1 fully saturated rings. The molecular formula is C26H23N3O5. The summed E-state index contributed by atoms with van der Waals surface area (Å²) in [6.45, 7) is 0. The zero-order valence-electron chi connectivity index (χ0n) is 18.4. The van der Waals surface area contributed by atoms with Crippen molar-refractivity contribution in [3.8, 4) is 11.8 Å². The van der Waals surface area contributed by atoms with Crippen molar-refractivity contribution in [2.45, 2.75) is 44.6 Å². The highest BCUT2D eigenvalue weighted by molar-refractivity contribution is 6.24. The minimum Gasteiger partial charge on any atom is -0.366 e. The van der Waals surface area contributed by atoms with Gasteiger partial charge in [-0.15, -0.1) is 0 Å². The number of hydrogen-bond acceptors (Lipinski definition) is 5. The third kappa shape index (κ3) is 4.46. The molecule has 8 heteroatoms. The summed E-state index contributed by atoms with van der Waals surface area (Å²) in [6.07, 6.45) is 3.05. The average Bonchev–Trinajstić information content (AvgIpc) is 3.07. The van der Waals surface area contributed by atoms with Gasteiger partial charge >= 0.3 is 0 Å². The molecule has 0 radical (unpaired) electrons. The van der Waals surface area contributed by atoms with E-state index >= 15 is 0 Å². The SMILES string of the molecule is NC(=O)c1ccccc1CCCCC#Cc1cccc2c1C(=O)N(C1CCC(=O)NC1=O)C2=O. The number of aryl methyl sites for hydroxylation is 1. The molecule has 1 atom stereocenters. The van der Waals surface area contributed by atoms with Crippen LogP contribution in [0.15, 0.2) is 42.5 Å². The molecular weight excluding hydrogens is 434 g/mol. The second-order valence-corrected chi connectivity index (χ2v) is 8.21. The van der Waals surface area contributed by atoms with Gasteiger partial charge in [0, 0.05) is 24.0 Å². The molecule has 0 aromatic heterocycles. The summed E-state index contributed by atoms with van der Waals surface area (Å²) < 4.78 is 0. The number of carbonyl (C=O) groups excluding carboxylic acids is 5. The Kier molecular flexibility index (Phi) is 6.55. The van der Waals surface area contributed by atoms with Gasteiger partial charge in [-0.25, -0.2) is 0 Å². The first kappa shape index (κ1) is 22.9. The molecule has 1 saturated heterocycles. The summed E-state index contributed by atoms with van der Waals surface area (Å²) >= 11 is 0. The lowest BCUT2D eigenvalue weighted by atomic mass is 10.0. The normalized spacial score (nSPS) is 17.2. The van der Waals surface area contributed by atoms with Gasteiger partial charge in [0.15, 0.2) is 0 Å². The van der Waals surface area contributed by atoms with Crippen LogP contribution in [0, 0.1) is 11.8 Å². The van der Waals surface area contributed by atoms with Crippen LogP contribution in [0.3, 0.4) is 0 Å². The molecule has 0 aliphatic carbocycles. The monoisotopic (exact) mass is 457 g/mol. The van der Waals surface area contributed by atoms with Crippen LogP contribution >= 0.6 is 0 Å². The Morgan fingerprint density at radius 1 is 1.03 bits per heavy atom.